The quantitative estimate of drug-likeness (QED) is 0.365. The van der Waals surface area contributed by atoms with Crippen LogP contribution in [0.4, 0.5) is 11.4 Å². The third-order valence-electron chi connectivity index (χ3n) is 6.79. The number of para-hydroxylation sites is 2. The van der Waals surface area contributed by atoms with Gasteiger partial charge in [0.05, 0.1) is 32.7 Å². The van der Waals surface area contributed by atoms with Crippen molar-refractivity contribution in [3.8, 4) is 11.5 Å². The van der Waals surface area contributed by atoms with Gasteiger partial charge in [0, 0.05) is 51.2 Å². The van der Waals surface area contributed by atoms with Crippen LogP contribution in [-0.2, 0) is 10.1 Å². The lowest BCUT2D eigenvalue weighted by Crippen LogP contribution is -2.45. The smallest absolute Gasteiger partial charge is 0.266 e. The van der Waals surface area contributed by atoms with Crippen molar-refractivity contribution in [1.82, 2.24) is 9.88 Å². The van der Waals surface area contributed by atoms with E-state index in [0.717, 1.165) is 35.7 Å². The molecular formula is C27H26Cl2N4O6S. The van der Waals surface area contributed by atoms with Gasteiger partial charge in [0.25, 0.3) is 21.9 Å². The average Bonchev–Trinajstić information content (AvgIpc) is 3.77. The number of halogens is 2. The summed E-state index contributed by atoms with van der Waals surface area (Å²) in [5.74, 6) is -1.17. The highest BCUT2D eigenvalue weighted by Gasteiger charge is 2.36. The molecule has 210 valence electrons. The van der Waals surface area contributed by atoms with E-state index in [1.54, 1.807) is 11.0 Å². The van der Waals surface area contributed by atoms with E-state index in [2.05, 4.69) is 9.88 Å². The number of ether oxygens (including phenoxy) is 1. The van der Waals surface area contributed by atoms with Crippen molar-refractivity contribution >= 4 is 56.5 Å². The number of carbonyl (C=O) groups is 2. The fourth-order valence-electron chi connectivity index (χ4n) is 4.59. The Labute approximate surface area is 241 Å². The monoisotopic (exact) mass is 604 g/mol. The standard InChI is InChI=1S/C27H26Cl2N4O6S/c1-31(12-13-40(36,37)38)26(34)18-14-21(29)25(15-20(18)28)39-24-8-9-30-16-19(24)27(35)33-11-10-32(17-6-7-17)22-4-2-3-5-23(22)33/h2-5,8-9,14-17H,6-7,10-13H2,1H3,(H,36,37,38). The number of hydrogen-bond acceptors (Lipinski definition) is 7. The fourth-order valence-corrected chi connectivity index (χ4v) is 5.53. The predicted octanol–water partition coefficient (Wildman–Crippen LogP) is 4.77. The third-order valence-corrected chi connectivity index (χ3v) is 8.10. The number of nitrogens with zero attached hydrogens (tertiary/aromatic N) is 4. The first-order chi connectivity index (χ1) is 19.0. The summed E-state index contributed by atoms with van der Waals surface area (Å²) >= 11 is 12.8. The zero-order chi connectivity index (χ0) is 28.6. The van der Waals surface area contributed by atoms with Crippen LogP contribution in [0.2, 0.25) is 10.0 Å². The summed E-state index contributed by atoms with van der Waals surface area (Å²) in [5.41, 5.74) is 2.09. The maximum Gasteiger partial charge on any atom is 0.266 e. The van der Waals surface area contributed by atoms with E-state index in [4.69, 9.17) is 32.5 Å². The van der Waals surface area contributed by atoms with Crippen LogP contribution in [0.1, 0.15) is 33.6 Å². The van der Waals surface area contributed by atoms with E-state index >= 15 is 0 Å². The first kappa shape index (κ1) is 28.2. The first-order valence-corrected chi connectivity index (χ1v) is 14.9. The van der Waals surface area contributed by atoms with E-state index in [1.807, 2.05) is 24.3 Å². The second-order valence-electron chi connectivity index (χ2n) is 9.62. The van der Waals surface area contributed by atoms with Gasteiger partial charge in [0.1, 0.15) is 17.1 Å². The number of carbonyl (C=O) groups excluding carboxylic acids is 2. The summed E-state index contributed by atoms with van der Waals surface area (Å²) in [6.07, 6.45) is 5.22. The lowest BCUT2D eigenvalue weighted by atomic mass is 10.1. The van der Waals surface area contributed by atoms with Crippen LogP contribution in [0.5, 0.6) is 11.5 Å². The summed E-state index contributed by atoms with van der Waals surface area (Å²) in [4.78, 5) is 35.9. The molecule has 2 aromatic carbocycles. The molecule has 1 aliphatic carbocycles. The van der Waals surface area contributed by atoms with E-state index in [-0.39, 0.29) is 45.1 Å². The van der Waals surface area contributed by atoms with Crippen LogP contribution < -0.4 is 14.5 Å². The van der Waals surface area contributed by atoms with Gasteiger partial charge >= 0.3 is 0 Å². The summed E-state index contributed by atoms with van der Waals surface area (Å²) in [5, 5.41) is 0.0599. The second kappa shape index (κ2) is 11.2. The topological polar surface area (TPSA) is 120 Å². The van der Waals surface area contributed by atoms with Gasteiger partial charge in [-0.1, -0.05) is 35.3 Å². The van der Waals surface area contributed by atoms with Gasteiger partial charge in [0.15, 0.2) is 0 Å². The molecule has 0 spiro atoms. The van der Waals surface area contributed by atoms with Gasteiger partial charge < -0.3 is 19.4 Å². The molecule has 1 aliphatic heterocycles. The molecule has 2 aliphatic rings. The Hall–Kier alpha value is -3.38. The van der Waals surface area contributed by atoms with Gasteiger partial charge in [-0.3, -0.25) is 19.1 Å². The van der Waals surface area contributed by atoms with Crippen molar-refractivity contribution < 1.29 is 27.3 Å². The van der Waals surface area contributed by atoms with Crippen LogP contribution in [0, 0.1) is 0 Å². The minimum Gasteiger partial charge on any atom is -0.455 e. The van der Waals surface area contributed by atoms with Crippen molar-refractivity contribution in [1.29, 1.82) is 0 Å². The minimum atomic E-state index is -4.25. The Morgan fingerprint density at radius 2 is 1.77 bits per heavy atom. The van der Waals surface area contributed by atoms with Crippen LogP contribution >= 0.6 is 23.2 Å². The molecule has 2 heterocycles. The fraction of sp³-hybridized carbons (Fsp3) is 0.296. The van der Waals surface area contributed by atoms with Crippen molar-refractivity contribution in [2.75, 3.05) is 42.2 Å². The lowest BCUT2D eigenvalue weighted by molar-refractivity contribution is 0.0803. The zero-order valence-electron chi connectivity index (χ0n) is 21.5. The summed E-state index contributed by atoms with van der Waals surface area (Å²) in [6.45, 7) is 0.985. The molecule has 0 atom stereocenters. The highest BCUT2D eigenvalue weighted by atomic mass is 35.5. The third kappa shape index (κ3) is 6.02. The highest BCUT2D eigenvalue weighted by molar-refractivity contribution is 7.85. The molecule has 40 heavy (non-hydrogen) atoms. The SMILES string of the molecule is CN(CCS(=O)(=O)O)C(=O)c1cc(Cl)c(Oc2ccncc2C(=O)N2CCN(C3CC3)c3ccccc32)cc1Cl. The number of amides is 2. The molecule has 2 amide bonds. The predicted molar refractivity (Wildman–Crippen MR) is 153 cm³/mol. The molecule has 3 aromatic rings. The van der Waals surface area contributed by atoms with Crippen molar-refractivity contribution in [3.05, 3.63) is 76.0 Å². The molecule has 5 rings (SSSR count). The van der Waals surface area contributed by atoms with Gasteiger partial charge in [-0.15, -0.1) is 0 Å². The van der Waals surface area contributed by atoms with Crippen molar-refractivity contribution in [2.45, 2.75) is 18.9 Å². The number of fused-ring (bicyclic) bond motifs is 1. The van der Waals surface area contributed by atoms with Gasteiger partial charge in [-0.05, 0) is 37.1 Å². The van der Waals surface area contributed by atoms with E-state index in [0.29, 0.717) is 12.6 Å². The van der Waals surface area contributed by atoms with Crippen molar-refractivity contribution in [3.63, 3.8) is 0 Å². The van der Waals surface area contributed by atoms with E-state index in [1.165, 1.54) is 31.6 Å². The number of hydrogen-bond donors (Lipinski definition) is 1. The molecule has 1 fully saturated rings. The molecule has 1 N–H and O–H groups in total. The molecule has 0 radical (unpaired) electrons. The van der Waals surface area contributed by atoms with Crippen molar-refractivity contribution in [2.24, 2.45) is 0 Å². The normalized spacial score (nSPS) is 15.0. The molecule has 0 bridgehead atoms. The Bertz CT molecular complexity index is 1580. The zero-order valence-corrected chi connectivity index (χ0v) is 23.8. The lowest BCUT2D eigenvalue weighted by Gasteiger charge is -2.38. The maximum absolute atomic E-state index is 13.8. The van der Waals surface area contributed by atoms with Gasteiger partial charge in [-0.25, -0.2) is 0 Å². The number of rotatable bonds is 8. The Balaban J connectivity index is 1.38. The molecule has 13 heteroatoms. The van der Waals surface area contributed by atoms with Gasteiger partial charge in [-0.2, -0.15) is 8.42 Å². The largest absolute Gasteiger partial charge is 0.455 e. The Kier molecular flexibility index (Phi) is 7.92. The maximum atomic E-state index is 13.8. The molecule has 0 unspecified atom stereocenters. The average molecular weight is 606 g/mol. The Morgan fingerprint density at radius 1 is 1.05 bits per heavy atom. The molecule has 10 nitrogen and oxygen atoms in total. The van der Waals surface area contributed by atoms with Crippen LogP contribution in [0.3, 0.4) is 0 Å². The summed E-state index contributed by atoms with van der Waals surface area (Å²) < 4.78 is 37.1. The Morgan fingerprint density at radius 3 is 2.48 bits per heavy atom. The molecule has 0 saturated heterocycles. The number of anilines is 2. The molecule has 1 aromatic heterocycles. The van der Waals surface area contributed by atoms with E-state index in [9.17, 15) is 18.0 Å². The van der Waals surface area contributed by atoms with Crippen LogP contribution in [-0.4, -0.2) is 73.1 Å². The van der Waals surface area contributed by atoms with Crippen LogP contribution in [0.25, 0.3) is 0 Å². The number of pyridine rings is 1. The highest BCUT2D eigenvalue weighted by Crippen LogP contribution is 2.41. The number of aromatic nitrogens is 1. The van der Waals surface area contributed by atoms with Crippen LogP contribution in [0.15, 0.2) is 54.9 Å². The summed E-state index contributed by atoms with van der Waals surface area (Å²) in [7, 11) is -2.87. The van der Waals surface area contributed by atoms with E-state index < -0.39 is 21.8 Å². The molecule has 1 saturated carbocycles. The minimum absolute atomic E-state index is 0.00941. The molecular weight excluding hydrogens is 579 g/mol. The summed E-state index contributed by atoms with van der Waals surface area (Å²) in [6, 6.07) is 12.5. The number of benzene rings is 2. The van der Waals surface area contributed by atoms with Gasteiger partial charge in [0.2, 0.25) is 0 Å². The second-order valence-corrected chi connectivity index (χ2v) is 12.0. The first-order valence-electron chi connectivity index (χ1n) is 12.5.